The molecule has 0 unspecified atom stereocenters. The molecule has 0 aliphatic carbocycles. The van der Waals surface area contributed by atoms with Gasteiger partial charge in [-0.3, -0.25) is 14.9 Å². The van der Waals surface area contributed by atoms with Crippen LogP contribution in [0.25, 0.3) is 0 Å². The number of amides is 2. The zero-order chi connectivity index (χ0) is 24.0. The van der Waals surface area contributed by atoms with E-state index in [1.807, 2.05) is 0 Å². The number of nitrogens with zero attached hydrogens (tertiary/aromatic N) is 1. The molecule has 0 radical (unpaired) electrons. The molecule has 0 bridgehead atoms. The highest BCUT2D eigenvalue weighted by atomic mass is 32.2. The minimum absolute atomic E-state index is 0.00100. The van der Waals surface area contributed by atoms with Gasteiger partial charge < -0.3 is 9.47 Å². The Labute approximate surface area is 192 Å². The van der Waals surface area contributed by atoms with Gasteiger partial charge in [-0.05, 0) is 61.7 Å². The molecule has 1 N–H and O–H groups in total. The van der Waals surface area contributed by atoms with Crippen LogP contribution in [0.3, 0.4) is 0 Å². The van der Waals surface area contributed by atoms with Crippen molar-refractivity contribution in [2.24, 2.45) is 0 Å². The van der Waals surface area contributed by atoms with Gasteiger partial charge in [-0.15, -0.1) is 0 Å². The molecule has 1 saturated heterocycles. The minimum atomic E-state index is -3.73. The molecule has 33 heavy (non-hydrogen) atoms. The van der Waals surface area contributed by atoms with Crippen molar-refractivity contribution in [3.05, 3.63) is 59.2 Å². The monoisotopic (exact) mass is 474 g/mol. The molecular formula is C23H26N2O7S. The van der Waals surface area contributed by atoms with E-state index in [1.165, 1.54) is 41.7 Å². The summed E-state index contributed by atoms with van der Waals surface area (Å²) in [5.41, 5.74) is 0.789. The van der Waals surface area contributed by atoms with Gasteiger partial charge in [-0.1, -0.05) is 12.5 Å². The van der Waals surface area contributed by atoms with E-state index in [1.54, 1.807) is 19.1 Å². The average Bonchev–Trinajstić information content (AvgIpc) is 2.83. The van der Waals surface area contributed by atoms with Gasteiger partial charge in [0.2, 0.25) is 10.0 Å². The number of rotatable bonds is 7. The maximum Gasteiger partial charge on any atom is 0.338 e. The average molecular weight is 475 g/mol. The Kier molecular flexibility index (Phi) is 7.83. The smallest absolute Gasteiger partial charge is 0.338 e. The van der Waals surface area contributed by atoms with Crippen LogP contribution in [0.15, 0.2) is 47.4 Å². The molecule has 10 heteroatoms. The third-order valence-electron chi connectivity index (χ3n) is 5.32. The fourth-order valence-electron chi connectivity index (χ4n) is 3.42. The number of carbonyl (C=O) groups is 3. The Morgan fingerprint density at radius 1 is 1.00 bits per heavy atom. The quantitative estimate of drug-likeness (QED) is 0.612. The van der Waals surface area contributed by atoms with Crippen molar-refractivity contribution in [1.82, 2.24) is 9.62 Å². The summed E-state index contributed by atoms with van der Waals surface area (Å²) < 4.78 is 37.3. The van der Waals surface area contributed by atoms with Crippen molar-refractivity contribution in [3.63, 3.8) is 0 Å². The Morgan fingerprint density at radius 2 is 1.67 bits per heavy atom. The van der Waals surface area contributed by atoms with Gasteiger partial charge in [0.25, 0.3) is 11.8 Å². The predicted octanol–water partition coefficient (Wildman–Crippen LogP) is 2.29. The van der Waals surface area contributed by atoms with Crippen molar-refractivity contribution >= 4 is 27.8 Å². The van der Waals surface area contributed by atoms with Gasteiger partial charge in [-0.2, -0.15) is 4.31 Å². The number of hydrogen-bond acceptors (Lipinski definition) is 7. The van der Waals surface area contributed by atoms with Gasteiger partial charge in [0.1, 0.15) is 5.75 Å². The van der Waals surface area contributed by atoms with Crippen molar-refractivity contribution in [3.8, 4) is 5.75 Å². The second-order valence-corrected chi connectivity index (χ2v) is 9.56. The van der Waals surface area contributed by atoms with Crippen molar-refractivity contribution < 1.29 is 32.3 Å². The van der Waals surface area contributed by atoms with E-state index in [0.29, 0.717) is 24.4 Å². The molecule has 176 valence electrons. The number of methoxy groups -OCH3 is 1. The van der Waals surface area contributed by atoms with E-state index in [-0.39, 0.29) is 16.0 Å². The molecule has 2 amide bonds. The Morgan fingerprint density at radius 3 is 2.30 bits per heavy atom. The molecule has 9 nitrogen and oxygen atoms in total. The van der Waals surface area contributed by atoms with Crippen LogP contribution in [-0.4, -0.2) is 57.3 Å². The van der Waals surface area contributed by atoms with Gasteiger partial charge >= 0.3 is 5.97 Å². The molecule has 0 spiro atoms. The Balaban J connectivity index is 1.63. The Bertz CT molecular complexity index is 1140. The molecule has 1 fully saturated rings. The zero-order valence-corrected chi connectivity index (χ0v) is 19.3. The topological polar surface area (TPSA) is 119 Å². The summed E-state index contributed by atoms with van der Waals surface area (Å²) in [5.74, 6) is -1.75. The maximum absolute atomic E-state index is 12.9. The van der Waals surface area contributed by atoms with Crippen LogP contribution in [-0.2, 0) is 19.6 Å². The SMILES string of the molecule is COc1ccc(C(=O)NC(=O)COC(=O)c2cc(S(=O)(=O)N3CCCCC3)ccc2C)cc1. The van der Waals surface area contributed by atoms with E-state index < -0.39 is 34.4 Å². The summed E-state index contributed by atoms with van der Waals surface area (Å²) in [5, 5.41) is 2.14. The highest BCUT2D eigenvalue weighted by molar-refractivity contribution is 7.89. The van der Waals surface area contributed by atoms with Crippen LogP contribution in [0.5, 0.6) is 5.75 Å². The van der Waals surface area contributed by atoms with Gasteiger partial charge in [-0.25, -0.2) is 13.2 Å². The van der Waals surface area contributed by atoms with Gasteiger partial charge in [0.15, 0.2) is 6.61 Å². The van der Waals surface area contributed by atoms with Crippen LogP contribution >= 0.6 is 0 Å². The number of esters is 1. The largest absolute Gasteiger partial charge is 0.497 e. The third kappa shape index (κ3) is 5.96. The van der Waals surface area contributed by atoms with Crippen LogP contribution in [0.4, 0.5) is 0 Å². The summed E-state index contributed by atoms with van der Waals surface area (Å²) in [6, 6.07) is 10.4. The Hall–Kier alpha value is -3.24. The summed E-state index contributed by atoms with van der Waals surface area (Å²) in [6.45, 7) is 1.83. The maximum atomic E-state index is 12.9. The molecule has 0 saturated carbocycles. The molecule has 3 rings (SSSR count). The highest BCUT2D eigenvalue weighted by Gasteiger charge is 2.27. The zero-order valence-electron chi connectivity index (χ0n) is 18.5. The first-order valence-corrected chi connectivity index (χ1v) is 11.9. The third-order valence-corrected chi connectivity index (χ3v) is 7.22. The molecule has 1 heterocycles. The van der Waals surface area contributed by atoms with Crippen molar-refractivity contribution in [2.75, 3.05) is 26.8 Å². The van der Waals surface area contributed by atoms with E-state index >= 15 is 0 Å². The fraction of sp³-hybridized carbons (Fsp3) is 0.348. The van der Waals surface area contributed by atoms with E-state index in [4.69, 9.17) is 9.47 Å². The number of benzene rings is 2. The van der Waals surface area contributed by atoms with E-state index in [0.717, 1.165) is 19.3 Å². The number of sulfonamides is 1. The molecule has 0 aromatic heterocycles. The van der Waals surface area contributed by atoms with Crippen LogP contribution in [0, 0.1) is 6.92 Å². The number of aryl methyl sites for hydroxylation is 1. The molecular weight excluding hydrogens is 448 g/mol. The first kappa shape index (κ1) is 24.4. The van der Waals surface area contributed by atoms with Crippen molar-refractivity contribution in [1.29, 1.82) is 0 Å². The second kappa shape index (κ2) is 10.6. The molecule has 2 aromatic rings. The number of nitrogens with one attached hydrogen (secondary N) is 1. The summed E-state index contributed by atoms with van der Waals surface area (Å²) in [4.78, 5) is 36.8. The summed E-state index contributed by atoms with van der Waals surface area (Å²) >= 11 is 0. The lowest BCUT2D eigenvalue weighted by Gasteiger charge is -2.26. The lowest BCUT2D eigenvalue weighted by atomic mass is 10.1. The fourth-order valence-corrected chi connectivity index (χ4v) is 4.97. The molecule has 1 aliphatic rings. The molecule has 0 atom stereocenters. The normalized spacial score (nSPS) is 14.4. The lowest BCUT2D eigenvalue weighted by molar-refractivity contribution is -0.123. The second-order valence-electron chi connectivity index (χ2n) is 7.62. The van der Waals surface area contributed by atoms with Crippen LogP contribution in [0.1, 0.15) is 45.5 Å². The van der Waals surface area contributed by atoms with Crippen molar-refractivity contribution in [2.45, 2.75) is 31.1 Å². The predicted molar refractivity (Wildman–Crippen MR) is 120 cm³/mol. The standard InChI is InChI=1S/C23H26N2O7S/c1-16-6-11-19(33(29,30)25-12-4-3-5-13-25)14-20(16)23(28)32-15-21(26)24-22(27)17-7-9-18(31-2)10-8-17/h6-11,14H,3-5,12-13,15H2,1-2H3,(H,24,26,27). The van der Waals surface area contributed by atoms with Crippen LogP contribution < -0.4 is 10.1 Å². The number of hydrogen-bond donors (Lipinski definition) is 1. The number of carbonyl (C=O) groups excluding carboxylic acids is 3. The lowest BCUT2D eigenvalue weighted by Crippen LogP contribution is -2.35. The minimum Gasteiger partial charge on any atom is -0.497 e. The number of piperidine rings is 1. The summed E-state index contributed by atoms with van der Waals surface area (Å²) in [6.07, 6.45) is 2.58. The first-order valence-electron chi connectivity index (χ1n) is 10.5. The number of ether oxygens (including phenoxy) is 2. The van der Waals surface area contributed by atoms with E-state index in [9.17, 15) is 22.8 Å². The van der Waals surface area contributed by atoms with E-state index in [2.05, 4.69) is 5.32 Å². The molecule has 1 aliphatic heterocycles. The highest BCUT2D eigenvalue weighted by Crippen LogP contribution is 2.23. The number of imide groups is 1. The van der Waals surface area contributed by atoms with Crippen LogP contribution in [0.2, 0.25) is 0 Å². The van der Waals surface area contributed by atoms with Gasteiger partial charge in [0.05, 0.1) is 17.6 Å². The first-order chi connectivity index (χ1) is 15.7. The summed E-state index contributed by atoms with van der Waals surface area (Å²) in [7, 11) is -2.23. The van der Waals surface area contributed by atoms with Gasteiger partial charge in [0, 0.05) is 18.7 Å². The molecule has 2 aromatic carbocycles.